The van der Waals surface area contributed by atoms with E-state index in [4.69, 9.17) is 9.47 Å². The van der Waals surface area contributed by atoms with Gasteiger partial charge in [0, 0.05) is 13.0 Å². The third kappa shape index (κ3) is 8.03. The highest BCUT2D eigenvalue weighted by atomic mass is 16.5. The Bertz CT molecular complexity index is 896. The van der Waals surface area contributed by atoms with Gasteiger partial charge in [0.25, 0.3) is 0 Å². The van der Waals surface area contributed by atoms with Crippen LogP contribution in [0.4, 0.5) is 4.79 Å². The van der Waals surface area contributed by atoms with Crippen LogP contribution < -0.4 is 10.6 Å². The molecule has 3 N–H and O–H groups in total. The Morgan fingerprint density at radius 3 is 2.28 bits per heavy atom. The van der Waals surface area contributed by atoms with Gasteiger partial charge in [-0.25, -0.2) is 9.59 Å². The lowest BCUT2D eigenvalue weighted by molar-refractivity contribution is -0.145. The van der Waals surface area contributed by atoms with E-state index in [0.29, 0.717) is 0 Å². The molecular formula is C24H30N2O6. The number of carbonyl (C=O) groups is 3. The average Bonchev–Trinajstić information content (AvgIpc) is 2.78. The van der Waals surface area contributed by atoms with Crippen molar-refractivity contribution >= 4 is 18.0 Å². The molecule has 0 aliphatic carbocycles. The average molecular weight is 443 g/mol. The molecule has 32 heavy (non-hydrogen) atoms. The lowest BCUT2D eigenvalue weighted by atomic mass is 9.96. The quantitative estimate of drug-likeness (QED) is 0.486. The molecule has 8 nitrogen and oxygen atoms in total. The van der Waals surface area contributed by atoms with Crippen molar-refractivity contribution in [2.75, 3.05) is 13.7 Å². The van der Waals surface area contributed by atoms with Crippen LogP contribution in [-0.2, 0) is 32.1 Å². The van der Waals surface area contributed by atoms with Crippen molar-refractivity contribution < 1.29 is 29.0 Å². The molecule has 0 saturated heterocycles. The van der Waals surface area contributed by atoms with Crippen LogP contribution in [0.3, 0.4) is 0 Å². The van der Waals surface area contributed by atoms with Gasteiger partial charge in [-0.1, -0.05) is 48.5 Å². The summed E-state index contributed by atoms with van der Waals surface area (Å²) in [6.45, 7) is 3.80. The van der Waals surface area contributed by atoms with Gasteiger partial charge in [-0.05, 0) is 36.1 Å². The van der Waals surface area contributed by atoms with E-state index in [0.717, 1.165) is 22.3 Å². The van der Waals surface area contributed by atoms with Crippen LogP contribution in [0.2, 0.25) is 0 Å². The van der Waals surface area contributed by atoms with Gasteiger partial charge in [0.15, 0.2) is 0 Å². The zero-order valence-electron chi connectivity index (χ0n) is 18.6. The van der Waals surface area contributed by atoms with Crippen LogP contribution in [0.5, 0.6) is 0 Å². The Kier molecular flexibility index (Phi) is 9.69. The fourth-order valence-electron chi connectivity index (χ4n) is 3.23. The van der Waals surface area contributed by atoms with Crippen LogP contribution in [0.15, 0.2) is 48.5 Å². The van der Waals surface area contributed by atoms with Gasteiger partial charge in [0.1, 0.15) is 12.6 Å². The first-order valence-corrected chi connectivity index (χ1v) is 10.3. The summed E-state index contributed by atoms with van der Waals surface area (Å²) in [6.07, 6.45) is -1.86. The summed E-state index contributed by atoms with van der Waals surface area (Å²) in [6, 6.07) is 14.1. The number of amides is 2. The maximum absolute atomic E-state index is 12.4. The van der Waals surface area contributed by atoms with Gasteiger partial charge in [-0.3, -0.25) is 4.79 Å². The number of aliphatic hydroxyl groups is 1. The summed E-state index contributed by atoms with van der Waals surface area (Å²) in [5, 5.41) is 15.1. The van der Waals surface area contributed by atoms with Crippen molar-refractivity contribution in [1.29, 1.82) is 0 Å². The molecule has 2 amide bonds. The first-order chi connectivity index (χ1) is 15.3. The molecule has 0 radical (unpaired) electrons. The highest BCUT2D eigenvalue weighted by molar-refractivity contribution is 5.85. The van der Waals surface area contributed by atoms with Crippen molar-refractivity contribution in [3.8, 4) is 0 Å². The number of aliphatic hydroxyl groups excluding tert-OH is 1. The van der Waals surface area contributed by atoms with Crippen molar-refractivity contribution in [3.05, 3.63) is 70.8 Å². The van der Waals surface area contributed by atoms with Gasteiger partial charge in [-0.15, -0.1) is 0 Å². The third-order valence-corrected chi connectivity index (χ3v) is 4.99. The highest BCUT2D eigenvalue weighted by Gasteiger charge is 2.24. The molecule has 0 spiro atoms. The van der Waals surface area contributed by atoms with E-state index in [2.05, 4.69) is 10.6 Å². The number of rotatable bonds is 10. The Hall–Kier alpha value is -3.39. The molecule has 2 aromatic rings. The summed E-state index contributed by atoms with van der Waals surface area (Å²) < 4.78 is 9.88. The molecule has 8 heteroatoms. The van der Waals surface area contributed by atoms with Gasteiger partial charge in [0.2, 0.25) is 5.91 Å². The van der Waals surface area contributed by atoms with Gasteiger partial charge in [0.05, 0.1) is 19.6 Å². The minimum Gasteiger partial charge on any atom is -0.467 e. The highest BCUT2D eigenvalue weighted by Crippen LogP contribution is 2.16. The Balaban J connectivity index is 1.82. The number of benzene rings is 2. The fraction of sp³-hybridized carbons (Fsp3) is 0.375. The van der Waals surface area contributed by atoms with Crippen LogP contribution in [0, 0.1) is 13.8 Å². The zero-order chi connectivity index (χ0) is 23.5. The number of alkyl carbamates (subject to hydrolysis) is 1. The standard InChI is InChI=1S/C24H30N2O6/c1-16-8-7-9-17(2)20(16)13-21(23(29)31-3)26-22(28)12-19(27)14-25-24(30)32-15-18-10-5-4-6-11-18/h4-11,19,21,27H,12-15H2,1-3H3,(H,25,30)(H,26,28)/t19-,21-/m1/s1. The number of aryl methyl sites for hydroxylation is 2. The van der Waals surface area contributed by atoms with Gasteiger partial charge >= 0.3 is 12.1 Å². The second-order valence-corrected chi connectivity index (χ2v) is 7.52. The largest absolute Gasteiger partial charge is 0.467 e. The van der Waals surface area contributed by atoms with E-state index in [1.165, 1.54) is 7.11 Å². The molecule has 0 aromatic heterocycles. The molecule has 0 aliphatic heterocycles. The normalized spacial score (nSPS) is 12.4. The molecule has 2 atom stereocenters. The van der Waals surface area contributed by atoms with Crippen molar-refractivity contribution in [1.82, 2.24) is 10.6 Å². The summed E-state index contributed by atoms with van der Waals surface area (Å²) in [7, 11) is 1.26. The molecule has 2 aromatic carbocycles. The zero-order valence-corrected chi connectivity index (χ0v) is 18.6. The number of hydrogen-bond donors (Lipinski definition) is 3. The molecular weight excluding hydrogens is 412 g/mol. The number of carbonyl (C=O) groups excluding carboxylic acids is 3. The maximum atomic E-state index is 12.4. The predicted octanol–water partition coefficient (Wildman–Crippen LogP) is 2.18. The maximum Gasteiger partial charge on any atom is 0.407 e. The molecule has 0 saturated carbocycles. The van der Waals surface area contributed by atoms with Crippen molar-refractivity contribution in [3.63, 3.8) is 0 Å². The van der Waals surface area contributed by atoms with Gasteiger partial charge < -0.3 is 25.2 Å². The minimum atomic E-state index is -1.14. The van der Waals surface area contributed by atoms with Crippen LogP contribution in [-0.4, -0.2) is 48.9 Å². The van der Waals surface area contributed by atoms with Crippen LogP contribution >= 0.6 is 0 Å². The first kappa shape index (κ1) is 24.9. The number of methoxy groups -OCH3 is 1. The molecule has 2 rings (SSSR count). The molecule has 0 bridgehead atoms. The van der Waals surface area contributed by atoms with E-state index in [1.54, 1.807) is 0 Å². The number of esters is 1. The SMILES string of the molecule is COC(=O)[C@@H](Cc1c(C)cccc1C)NC(=O)C[C@@H](O)CNC(=O)OCc1ccccc1. The van der Waals surface area contributed by atoms with E-state index in [1.807, 2.05) is 62.4 Å². The smallest absolute Gasteiger partial charge is 0.407 e. The number of nitrogens with one attached hydrogen (secondary N) is 2. The third-order valence-electron chi connectivity index (χ3n) is 4.99. The summed E-state index contributed by atoms with van der Waals surface area (Å²) in [5.41, 5.74) is 3.80. The summed E-state index contributed by atoms with van der Waals surface area (Å²) >= 11 is 0. The lowest BCUT2D eigenvalue weighted by Crippen LogP contribution is -2.45. The van der Waals surface area contributed by atoms with Crippen LogP contribution in [0.1, 0.15) is 28.7 Å². The number of ether oxygens (including phenoxy) is 2. The minimum absolute atomic E-state index is 0.0996. The van der Waals surface area contributed by atoms with Gasteiger partial charge in [-0.2, -0.15) is 0 Å². The topological polar surface area (TPSA) is 114 Å². The fourth-order valence-corrected chi connectivity index (χ4v) is 3.23. The molecule has 0 aliphatic rings. The molecule has 0 heterocycles. The monoisotopic (exact) mass is 442 g/mol. The van der Waals surface area contributed by atoms with Crippen LogP contribution in [0.25, 0.3) is 0 Å². The van der Waals surface area contributed by atoms with Crippen molar-refractivity contribution in [2.24, 2.45) is 0 Å². The Morgan fingerprint density at radius 2 is 1.66 bits per heavy atom. The van der Waals surface area contributed by atoms with E-state index in [-0.39, 0.29) is 26.0 Å². The van der Waals surface area contributed by atoms with E-state index in [9.17, 15) is 19.5 Å². The van der Waals surface area contributed by atoms with E-state index < -0.39 is 30.1 Å². The second kappa shape index (κ2) is 12.5. The van der Waals surface area contributed by atoms with Crippen molar-refractivity contribution in [2.45, 2.75) is 45.4 Å². The Labute approximate surface area is 187 Å². The number of hydrogen-bond acceptors (Lipinski definition) is 6. The lowest BCUT2D eigenvalue weighted by Gasteiger charge is -2.20. The summed E-state index contributed by atoms with van der Waals surface area (Å²) in [4.78, 5) is 36.3. The summed E-state index contributed by atoms with van der Waals surface area (Å²) in [5.74, 6) is -1.10. The molecule has 172 valence electrons. The predicted molar refractivity (Wildman–Crippen MR) is 119 cm³/mol. The Morgan fingerprint density at radius 1 is 1.00 bits per heavy atom. The van der Waals surface area contributed by atoms with E-state index >= 15 is 0 Å². The molecule has 0 fully saturated rings. The first-order valence-electron chi connectivity index (χ1n) is 10.3. The second-order valence-electron chi connectivity index (χ2n) is 7.52. The molecule has 0 unspecified atom stereocenters.